The summed E-state index contributed by atoms with van der Waals surface area (Å²) in [5.74, 6) is 1.84. The van der Waals surface area contributed by atoms with Gasteiger partial charge in [-0.3, -0.25) is 4.79 Å². The second kappa shape index (κ2) is 8.53. The zero-order valence-electron chi connectivity index (χ0n) is 13.6. The summed E-state index contributed by atoms with van der Waals surface area (Å²) in [6, 6.07) is 12.7. The first-order valence-electron chi connectivity index (χ1n) is 7.20. The second-order valence-corrected chi connectivity index (χ2v) is 6.98. The molecule has 2 aromatic rings. The smallest absolute Gasteiger partial charge is 0.178 e. The molecule has 0 aliphatic rings. The van der Waals surface area contributed by atoms with Crippen molar-refractivity contribution in [1.29, 1.82) is 0 Å². The van der Waals surface area contributed by atoms with Gasteiger partial charge >= 0.3 is 0 Å². The SMILES string of the molecule is COc1ccc(C(Br)C(Br)C(=O)c2ccc(OC)c(OC)c2)cc1. The molecular formula is C18H18Br2O4. The van der Waals surface area contributed by atoms with Crippen molar-refractivity contribution in [3.63, 3.8) is 0 Å². The number of hydrogen-bond donors (Lipinski definition) is 0. The van der Waals surface area contributed by atoms with Crippen LogP contribution >= 0.6 is 31.9 Å². The van der Waals surface area contributed by atoms with Crippen LogP contribution in [0.5, 0.6) is 17.2 Å². The molecule has 0 spiro atoms. The van der Waals surface area contributed by atoms with Gasteiger partial charge in [-0.15, -0.1) is 0 Å². The van der Waals surface area contributed by atoms with E-state index >= 15 is 0 Å². The fourth-order valence-corrected chi connectivity index (χ4v) is 3.35. The zero-order chi connectivity index (χ0) is 17.7. The van der Waals surface area contributed by atoms with E-state index in [1.165, 1.54) is 0 Å². The summed E-state index contributed by atoms with van der Waals surface area (Å²) in [5, 5.41) is 0. The Hall–Kier alpha value is -1.53. The second-order valence-electron chi connectivity index (χ2n) is 5.01. The van der Waals surface area contributed by atoms with Crippen molar-refractivity contribution in [3.8, 4) is 17.2 Å². The number of halogens is 2. The molecule has 2 aromatic carbocycles. The molecule has 0 heterocycles. The standard InChI is InChI=1S/C18H18Br2O4/c1-22-13-7-4-11(5-8-13)16(19)17(20)18(21)12-6-9-14(23-2)15(10-12)24-3/h4-10,16-17H,1-3H3. The number of ether oxygens (including phenoxy) is 3. The summed E-state index contributed by atoms with van der Waals surface area (Å²) in [7, 11) is 4.72. The third-order valence-corrected chi connectivity index (χ3v) is 6.32. The number of carbonyl (C=O) groups excluding carboxylic acids is 1. The molecule has 128 valence electrons. The van der Waals surface area contributed by atoms with E-state index in [4.69, 9.17) is 14.2 Å². The number of hydrogen-bond acceptors (Lipinski definition) is 4. The van der Waals surface area contributed by atoms with Crippen molar-refractivity contribution < 1.29 is 19.0 Å². The van der Waals surface area contributed by atoms with Gasteiger partial charge in [0.05, 0.1) is 31.0 Å². The van der Waals surface area contributed by atoms with Crippen LogP contribution in [0.2, 0.25) is 0 Å². The summed E-state index contributed by atoms with van der Waals surface area (Å²) in [4.78, 5) is 12.1. The van der Waals surface area contributed by atoms with E-state index in [1.807, 2.05) is 24.3 Å². The Morgan fingerprint density at radius 2 is 1.50 bits per heavy atom. The molecule has 0 aliphatic heterocycles. The Labute approximate surface area is 158 Å². The first kappa shape index (κ1) is 18.8. The molecule has 0 aromatic heterocycles. The van der Waals surface area contributed by atoms with Crippen LogP contribution in [0.4, 0.5) is 0 Å². The molecule has 4 nitrogen and oxygen atoms in total. The van der Waals surface area contributed by atoms with Crippen molar-refractivity contribution >= 4 is 37.6 Å². The maximum atomic E-state index is 12.8. The highest BCUT2D eigenvalue weighted by molar-refractivity contribution is 9.12. The van der Waals surface area contributed by atoms with E-state index in [1.54, 1.807) is 39.5 Å². The predicted octanol–water partition coefficient (Wildman–Crippen LogP) is 4.79. The van der Waals surface area contributed by atoms with Gasteiger partial charge in [-0.1, -0.05) is 44.0 Å². The number of Topliss-reactive ketones (excluding diaryl/α,β-unsaturated/α-hetero) is 1. The number of methoxy groups -OCH3 is 3. The maximum Gasteiger partial charge on any atom is 0.178 e. The van der Waals surface area contributed by atoms with Crippen LogP contribution in [0.25, 0.3) is 0 Å². The molecule has 0 aliphatic carbocycles. The van der Waals surface area contributed by atoms with Crippen molar-refractivity contribution in [2.45, 2.75) is 9.65 Å². The first-order valence-corrected chi connectivity index (χ1v) is 9.03. The molecule has 2 rings (SSSR count). The fourth-order valence-electron chi connectivity index (χ4n) is 2.24. The van der Waals surface area contributed by atoms with E-state index in [-0.39, 0.29) is 10.6 Å². The van der Waals surface area contributed by atoms with E-state index < -0.39 is 4.83 Å². The van der Waals surface area contributed by atoms with Gasteiger partial charge in [-0.25, -0.2) is 0 Å². The molecular weight excluding hydrogens is 440 g/mol. The van der Waals surface area contributed by atoms with Gasteiger partial charge in [0, 0.05) is 5.56 Å². The molecule has 2 unspecified atom stereocenters. The summed E-state index contributed by atoms with van der Waals surface area (Å²) in [6.45, 7) is 0. The lowest BCUT2D eigenvalue weighted by atomic mass is 10.0. The summed E-state index contributed by atoms with van der Waals surface area (Å²) in [5.41, 5.74) is 1.53. The quantitative estimate of drug-likeness (QED) is 0.442. The lowest BCUT2D eigenvalue weighted by Gasteiger charge is -2.17. The molecule has 0 saturated heterocycles. The largest absolute Gasteiger partial charge is 0.497 e. The van der Waals surface area contributed by atoms with Gasteiger partial charge in [0.1, 0.15) is 5.75 Å². The van der Waals surface area contributed by atoms with Crippen LogP contribution in [0.3, 0.4) is 0 Å². The normalized spacial score (nSPS) is 13.0. The topological polar surface area (TPSA) is 44.8 Å². The number of benzene rings is 2. The van der Waals surface area contributed by atoms with Gasteiger partial charge in [0.15, 0.2) is 17.3 Å². The van der Waals surface area contributed by atoms with Crippen molar-refractivity contribution in [3.05, 3.63) is 53.6 Å². The van der Waals surface area contributed by atoms with Crippen LogP contribution in [0.15, 0.2) is 42.5 Å². The number of alkyl halides is 2. The van der Waals surface area contributed by atoms with Gasteiger partial charge in [-0.2, -0.15) is 0 Å². The number of ketones is 1. The highest BCUT2D eigenvalue weighted by Gasteiger charge is 2.26. The molecule has 0 fully saturated rings. The van der Waals surface area contributed by atoms with E-state index in [2.05, 4.69) is 31.9 Å². The lowest BCUT2D eigenvalue weighted by molar-refractivity contribution is 0.0990. The average molecular weight is 458 g/mol. The predicted molar refractivity (Wildman–Crippen MR) is 101 cm³/mol. The third-order valence-electron chi connectivity index (χ3n) is 3.61. The third kappa shape index (κ3) is 4.11. The highest BCUT2D eigenvalue weighted by Crippen LogP contribution is 2.35. The van der Waals surface area contributed by atoms with Gasteiger partial charge in [0.2, 0.25) is 0 Å². The molecule has 0 N–H and O–H groups in total. The Bertz CT molecular complexity index is 701. The Morgan fingerprint density at radius 3 is 2.04 bits per heavy atom. The van der Waals surface area contributed by atoms with Gasteiger partial charge in [0.25, 0.3) is 0 Å². The summed E-state index contributed by atoms with van der Waals surface area (Å²) < 4.78 is 15.6. The summed E-state index contributed by atoms with van der Waals surface area (Å²) in [6.07, 6.45) is 0. The van der Waals surface area contributed by atoms with Gasteiger partial charge in [-0.05, 0) is 35.9 Å². The molecule has 24 heavy (non-hydrogen) atoms. The van der Waals surface area contributed by atoms with Crippen LogP contribution in [-0.4, -0.2) is 31.9 Å². The molecule has 0 radical (unpaired) electrons. The fraction of sp³-hybridized carbons (Fsp3) is 0.278. The van der Waals surface area contributed by atoms with E-state index in [0.717, 1.165) is 11.3 Å². The minimum absolute atomic E-state index is 0.0475. The monoisotopic (exact) mass is 456 g/mol. The molecule has 6 heteroatoms. The average Bonchev–Trinajstić information content (AvgIpc) is 2.65. The van der Waals surface area contributed by atoms with E-state index in [0.29, 0.717) is 17.1 Å². The Balaban J connectivity index is 2.21. The Morgan fingerprint density at radius 1 is 0.875 bits per heavy atom. The molecule has 0 saturated carbocycles. The molecule has 2 atom stereocenters. The van der Waals surface area contributed by atoms with Gasteiger partial charge < -0.3 is 14.2 Å². The highest BCUT2D eigenvalue weighted by atomic mass is 79.9. The lowest BCUT2D eigenvalue weighted by Crippen LogP contribution is -2.19. The number of carbonyl (C=O) groups is 1. The van der Waals surface area contributed by atoms with E-state index in [9.17, 15) is 4.79 Å². The summed E-state index contributed by atoms with van der Waals surface area (Å²) >= 11 is 7.10. The minimum Gasteiger partial charge on any atom is -0.497 e. The first-order chi connectivity index (χ1) is 11.5. The molecule has 0 bridgehead atoms. The zero-order valence-corrected chi connectivity index (χ0v) is 16.8. The van der Waals surface area contributed by atoms with Crippen LogP contribution in [0, 0.1) is 0 Å². The minimum atomic E-state index is -0.427. The Kier molecular flexibility index (Phi) is 6.69. The number of rotatable bonds is 7. The van der Waals surface area contributed by atoms with Crippen molar-refractivity contribution in [2.75, 3.05) is 21.3 Å². The van der Waals surface area contributed by atoms with Crippen LogP contribution in [-0.2, 0) is 0 Å². The maximum absolute atomic E-state index is 12.8. The van der Waals surface area contributed by atoms with Crippen LogP contribution in [0.1, 0.15) is 20.7 Å². The molecule has 0 amide bonds. The van der Waals surface area contributed by atoms with Crippen molar-refractivity contribution in [1.82, 2.24) is 0 Å². The van der Waals surface area contributed by atoms with Crippen LogP contribution < -0.4 is 14.2 Å². The van der Waals surface area contributed by atoms with Crippen molar-refractivity contribution in [2.24, 2.45) is 0 Å².